The lowest BCUT2D eigenvalue weighted by molar-refractivity contribution is 0.0600. The number of esters is 1. The third-order valence-corrected chi connectivity index (χ3v) is 6.63. The fraction of sp³-hybridized carbons (Fsp3) is 0.176. The van der Waals surface area contributed by atoms with E-state index in [4.69, 9.17) is 9.47 Å². The van der Waals surface area contributed by atoms with Gasteiger partial charge >= 0.3 is 5.97 Å². The topological polar surface area (TPSA) is 63.7 Å². The normalized spacial score (nSPS) is 11.7. The van der Waals surface area contributed by atoms with E-state index in [0.29, 0.717) is 18.7 Å². The summed E-state index contributed by atoms with van der Waals surface area (Å²) < 4.78 is 11.2. The monoisotopic (exact) mass is 531 g/mol. The highest BCUT2D eigenvalue weighted by molar-refractivity contribution is 5.90. The zero-order chi connectivity index (χ0) is 27.9. The Balaban J connectivity index is 1.38. The quantitative estimate of drug-likeness (QED) is 0.200. The van der Waals surface area contributed by atoms with Crippen LogP contribution in [0.4, 0.5) is 5.69 Å². The molecule has 0 saturated carbocycles. The maximum atomic E-state index is 11.9. The highest BCUT2D eigenvalue weighted by atomic mass is 16.5. The van der Waals surface area contributed by atoms with E-state index < -0.39 is 0 Å². The van der Waals surface area contributed by atoms with Gasteiger partial charge in [0, 0.05) is 23.9 Å². The number of pyridine rings is 1. The molecule has 0 bridgehead atoms. The lowest BCUT2D eigenvalue weighted by Crippen LogP contribution is -2.12. The van der Waals surface area contributed by atoms with Crippen molar-refractivity contribution in [3.05, 3.63) is 119 Å². The van der Waals surface area contributed by atoms with Gasteiger partial charge in [0.05, 0.1) is 30.1 Å². The molecule has 0 radical (unpaired) electrons. The van der Waals surface area contributed by atoms with Crippen LogP contribution in [-0.4, -0.2) is 50.2 Å². The van der Waals surface area contributed by atoms with Crippen LogP contribution >= 0.6 is 0 Å². The van der Waals surface area contributed by atoms with Crippen molar-refractivity contribution in [2.75, 3.05) is 39.7 Å². The summed E-state index contributed by atoms with van der Waals surface area (Å²) >= 11 is 0. The fourth-order valence-corrected chi connectivity index (χ4v) is 4.66. The second kappa shape index (κ2) is 12.5. The van der Waals surface area contributed by atoms with Crippen molar-refractivity contribution in [2.24, 2.45) is 0 Å². The molecule has 1 heterocycles. The fourth-order valence-electron chi connectivity index (χ4n) is 4.66. The van der Waals surface area contributed by atoms with E-state index in [2.05, 4.69) is 77.8 Å². The maximum absolute atomic E-state index is 11.9. The van der Waals surface area contributed by atoms with Crippen LogP contribution in [0.2, 0.25) is 0 Å². The molecule has 4 aromatic carbocycles. The first-order chi connectivity index (χ1) is 19.5. The molecule has 0 amide bonds. The first-order valence-corrected chi connectivity index (χ1v) is 13.2. The summed E-state index contributed by atoms with van der Waals surface area (Å²) in [5.74, 6) is 0.486. The first kappa shape index (κ1) is 26.9. The Hall–Kier alpha value is -4.68. The standard InChI is InChI=1S/C34H33N3O3/c1-37(2)22-25-13-16-32-29(18-25)19-30(21-36-32)35-20-26(17-24-11-14-28(15-12-24)34(38)39-3)23-40-33-10-6-8-27-7-4-5-9-31(27)33/h4-19,21,35H,20,22-23H2,1-3H3. The van der Waals surface area contributed by atoms with E-state index in [1.807, 2.05) is 42.6 Å². The van der Waals surface area contributed by atoms with Crippen molar-refractivity contribution < 1.29 is 14.3 Å². The van der Waals surface area contributed by atoms with Gasteiger partial charge in [-0.3, -0.25) is 4.98 Å². The Labute approximate surface area is 234 Å². The van der Waals surface area contributed by atoms with Gasteiger partial charge < -0.3 is 19.7 Å². The molecule has 0 aliphatic carbocycles. The van der Waals surface area contributed by atoms with Crippen LogP contribution in [0.25, 0.3) is 27.8 Å². The van der Waals surface area contributed by atoms with Crippen LogP contribution in [0.1, 0.15) is 21.5 Å². The molecule has 1 aromatic heterocycles. The number of carbonyl (C=O) groups is 1. The highest BCUT2D eigenvalue weighted by Gasteiger charge is 2.08. The second-order valence-electron chi connectivity index (χ2n) is 10.0. The van der Waals surface area contributed by atoms with Crippen molar-refractivity contribution in [1.82, 2.24) is 9.88 Å². The summed E-state index contributed by atoms with van der Waals surface area (Å²) in [7, 11) is 5.52. The lowest BCUT2D eigenvalue weighted by atomic mass is 10.1. The van der Waals surface area contributed by atoms with Gasteiger partial charge in [0.1, 0.15) is 12.4 Å². The number of nitrogens with one attached hydrogen (secondary N) is 1. The van der Waals surface area contributed by atoms with Gasteiger partial charge in [-0.15, -0.1) is 0 Å². The molecule has 5 rings (SSSR count). The minimum Gasteiger partial charge on any atom is -0.489 e. The predicted octanol–water partition coefficient (Wildman–Crippen LogP) is 6.81. The summed E-state index contributed by atoms with van der Waals surface area (Å²) in [6, 6.07) is 30.2. The van der Waals surface area contributed by atoms with E-state index >= 15 is 0 Å². The Bertz CT molecular complexity index is 1650. The molecule has 0 fully saturated rings. The molecule has 0 unspecified atom stereocenters. The van der Waals surface area contributed by atoms with Crippen LogP contribution in [-0.2, 0) is 11.3 Å². The minimum absolute atomic E-state index is 0.353. The number of hydrogen-bond acceptors (Lipinski definition) is 6. The molecule has 0 saturated heterocycles. The zero-order valence-electron chi connectivity index (χ0n) is 23.1. The third kappa shape index (κ3) is 6.65. The molecule has 5 aromatic rings. The van der Waals surface area contributed by atoms with Crippen LogP contribution < -0.4 is 10.1 Å². The third-order valence-electron chi connectivity index (χ3n) is 6.63. The van der Waals surface area contributed by atoms with E-state index in [0.717, 1.165) is 50.8 Å². The zero-order valence-corrected chi connectivity index (χ0v) is 23.1. The molecule has 6 nitrogen and oxygen atoms in total. The van der Waals surface area contributed by atoms with Crippen molar-refractivity contribution in [1.29, 1.82) is 0 Å². The number of nitrogens with zero attached hydrogens (tertiary/aromatic N) is 2. The van der Waals surface area contributed by atoms with Crippen molar-refractivity contribution in [3.63, 3.8) is 0 Å². The molecule has 1 N–H and O–H groups in total. The molecule has 6 heteroatoms. The van der Waals surface area contributed by atoms with Gasteiger partial charge in [0.2, 0.25) is 0 Å². The molecule has 0 atom stereocenters. The lowest BCUT2D eigenvalue weighted by Gasteiger charge is -2.15. The largest absolute Gasteiger partial charge is 0.489 e. The number of methoxy groups -OCH3 is 1. The number of fused-ring (bicyclic) bond motifs is 2. The summed E-state index contributed by atoms with van der Waals surface area (Å²) in [5, 5.41) is 6.84. The number of rotatable bonds is 10. The number of anilines is 1. The molecular formula is C34H33N3O3. The van der Waals surface area contributed by atoms with Gasteiger partial charge in [-0.05, 0) is 72.6 Å². The van der Waals surface area contributed by atoms with E-state index in [9.17, 15) is 4.79 Å². The van der Waals surface area contributed by atoms with Gasteiger partial charge in [-0.2, -0.15) is 0 Å². The first-order valence-electron chi connectivity index (χ1n) is 13.2. The smallest absolute Gasteiger partial charge is 0.337 e. The molecule has 0 aliphatic rings. The maximum Gasteiger partial charge on any atom is 0.337 e. The molecule has 202 valence electrons. The van der Waals surface area contributed by atoms with Crippen molar-refractivity contribution >= 4 is 39.4 Å². The van der Waals surface area contributed by atoms with Gasteiger partial charge in [0.15, 0.2) is 0 Å². The summed E-state index contributed by atoms with van der Waals surface area (Å²) in [5.41, 5.74) is 5.68. The number of ether oxygens (including phenoxy) is 2. The van der Waals surface area contributed by atoms with Crippen molar-refractivity contribution in [2.45, 2.75) is 6.54 Å². The Morgan fingerprint density at radius 3 is 2.52 bits per heavy atom. The summed E-state index contributed by atoms with van der Waals surface area (Å²) in [6.07, 6.45) is 3.95. The predicted molar refractivity (Wildman–Crippen MR) is 163 cm³/mol. The van der Waals surface area contributed by atoms with E-state index in [1.165, 1.54) is 12.7 Å². The van der Waals surface area contributed by atoms with Gasteiger partial charge in [-0.25, -0.2) is 4.79 Å². The molecule has 40 heavy (non-hydrogen) atoms. The number of benzene rings is 4. The molecular weight excluding hydrogens is 498 g/mol. The van der Waals surface area contributed by atoms with E-state index in [-0.39, 0.29) is 5.97 Å². The average molecular weight is 532 g/mol. The average Bonchev–Trinajstić information content (AvgIpc) is 2.98. The molecule has 0 spiro atoms. The van der Waals surface area contributed by atoms with Gasteiger partial charge in [-0.1, -0.05) is 60.7 Å². The van der Waals surface area contributed by atoms with Crippen molar-refractivity contribution in [3.8, 4) is 5.75 Å². The second-order valence-corrected chi connectivity index (χ2v) is 10.0. The van der Waals surface area contributed by atoms with Crippen LogP contribution in [0, 0.1) is 0 Å². The Morgan fingerprint density at radius 1 is 0.925 bits per heavy atom. The Kier molecular flexibility index (Phi) is 8.38. The molecule has 0 aliphatic heterocycles. The highest BCUT2D eigenvalue weighted by Crippen LogP contribution is 2.26. The summed E-state index contributed by atoms with van der Waals surface area (Å²) in [4.78, 5) is 18.7. The van der Waals surface area contributed by atoms with Crippen LogP contribution in [0.5, 0.6) is 5.75 Å². The number of carbonyl (C=O) groups excluding carboxylic acids is 1. The van der Waals surface area contributed by atoms with Gasteiger partial charge in [0.25, 0.3) is 0 Å². The SMILES string of the molecule is COC(=O)c1ccc(C=C(CNc2cnc3ccc(CN(C)C)cc3c2)COc2cccc3ccccc23)cc1. The van der Waals surface area contributed by atoms with Crippen LogP contribution in [0.15, 0.2) is 103 Å². The minimum atomic E-state index is -0.353. The Morgan fingerprint density at radius 2 is 1.73 bits per heavy atom. The van der Waals surface area contributed by atoms with E-state index in [1.54, 1.807) is 12.1 Å². The number of hydrogen-bond donors (Lipinski definition) is 1. The summed E-state index contributed by atoms with van der Waals surface area (Å²) in [6.45, 7) is 1.84. The van der Waals surface area contributed by atoms with Crippen LogP contribution in [0.3, 0.4) is 0 Å². The number of aromatic nitrogens is 1.